The highest BCUT2D eigenvalue weighted by Crippen LogP contribution is 2.26. The summed E-state index contributed by atoms with van der Waals surface area (Å²) in [4.78, 5) is 23.4. The first kappa shape index (κ1) is 17.8. The third-order valence-corrected chi connectivity index (χ3v) is 4.24. The molecule has 132 valence electrons. The smallest absolute Gasteiger partial charge is 0.335 e. The number of hydrogen-bond acceptors (Lipinski definition) is 3. The number of aromatic carboxylic acids is 1. The normalized spacial score (nSPS) is 11.7. The summed E-state index contributed by atoms with van der Waals surface area (Å²) < 4.78 is 1.90. The van der Waals surface area contributed by atoms with Gasteiger partial charge in [-0.15, -0.1) is 0 Å². The SMILES string of the molecule is CC(O)=CC(=O)c1cn(Cc2ccc(C(=O)O)cc2)c2ccc(Cl)cc12. The van der Waals surface area contributed by atoms with E-state index in [1.807, 2.05) is 10.6 Å². The third kappa shape index (κ3) is 3.63. The van der Waals surface area contributed by atoms with Gasteiger partial charge in [0, 0.05) is 40.3 Å². The molecule has 0 unspecified atom stereocenters. The summed E-state index contributed by atoms with van der Waals surface area (Å²) in [5.41, 5.74) is 2.38. The lowest BCUT2D eigenvalue weighted by molar-refractivity contribution is 0.0696. The average molecular weight is 370 g/mol. The van der Waals surface area contributed by atoms with Gasteiger partial charge in [0.1, 0.15) is 0 Å². The lowest BCUT2D eigenvalue weighted by atomic mass is 10.1. The van der Waals surface area contributed by atoms with Crippen LogP contribution in [0.3, 0.4) is 0 Å². The van der Waals surface area contributed by atoms with Crippen LogP contribution in [0.15, 0.2) is 60.5 Å². The lowest BCUT2D eigenvalue weighted by Gasteiger charge is -2.06. The van der Waals surface area contributed by atoms with Gasteiger partial charge in [0.25, 0.3) is 0 Å². The summed E-state index contributed by atoms with van der Waals surface area (Å²) in [6.07, 6.45) is 2.88. The van der Waals surface area contributed by atoms with Crippen LogP contribution in [0.25, 0.3) is 10.9 Å². The predicted molar refractivity (Wildman–Crippen MR) is 100 cm³/mol. The van der Waals surface area contributed by atoms with E-state index in [9.17, 15) is 14.7 Å². The van der Waals surface area contributed by atoms with Crippen molar-refractivity contribution >= 4 is 34.3 Å². The predicted octanol–water partition coefficient (Wildman–Crippen LogP) is 4.69. The molecular weight excluding hydrogens is 354 g/mol. The van der Waals surface area contributed by atoms with Gasteiger partial charge in [-0.3, -0.25) is 4.79 Å². The quantitative estimate of drug-likeness (QED) is 0.388. The standard InChI is InChI=1S/C20H16ClNO4/c1-12(23)8-19(24)17-11-22(18-7-6-15(21)9-16(17)18)10-13-2-4-14(5-3-13)20(25)26/h2-9,11,23H,10H2,1H3,(H,25,26). The maximum atomic E-state index is 12.4. The summed E-state index contributed by atoms with van der Waals surface area (Å²) in [6.45, 7) is 1.90. The number of rotatable bonds is 5. The minimum atomic E-state index is -0.975. The van der Waals surface area contributed by atoms with Gasteiger partial charge in [-0.2, -0.15) is 0 Å². The number of halogens is 1. The molecular formula is C20H16ClNO4. The molecule has 0 saturated carbocycles. The fraction of sp³-hybridized carbons (Fsp3) is 0.100. The van der Waals surface area contributed by atoms with Crippen LogP contribution in [-0.4, -0.2) is 26.5 Å². The number of nitrogens with zero attached hydrogens (tertiary/aromatic N) is 1. The number of aliphatic hydroxyl groups is 1. The van der Waals surface area contributed by atoms with Gasteiger partial charge in [-0.05, 0) is 42.8 Å². The number of carboxylic acid groups (broad SMARTS) is 1. The molecule has 26 heavy (non-hydrogen) atoms. The van der Waals surface area contributed by atoms with Crippen molar-refractivity contribution < 1.29 is 19.8 Å². The van der Waals surface area contributed by atoms with Crippen LogP contribution in [0.1, 0.15) is 33.2 Å². The Bertz CT molecular complexity index is 1030. The van der Waals surface area contributed by atoms with E-state index in [0.29, 0.717) is 22.5 Å². The summed E-state index contributed by atoms with van der Waals surface area (Å²) in [5.74, 6) is -1.35. The topological polar surface area (TPSA) is 79.5 Å². The van der Waals surface area contributed by atoms with Gasteiger partial charge in [0.15, 0.2) is 5.78 Å². The van der Waals surface area contributed by atoms with Gasteiger partial charge in [-0.1, -0.05) is 23.7 Å². The minimum absolute atomic E-state index is 0.0674. The zero-order valence-electron chi connectivity index (χ0n) is 13.9. The molecule has 0 saturated heterocycles. The molecule has 5 nitrogen and oxygen atoms in total. The summed E-state index contributed by atoms with van der Waals surface area (Å²) in [6, 6.07) is 11.9. The van der Waals surface area contributed by atoms with Gasteiger partial charge in [0.05, 0.1) is 11.3 Å². The molecule has 3 aromatic rings. The summed E-state index contributed by atoms with van der Waals surface area (Å²) in [5, 5.41) is 19.6. The largest absolute Gasteiger partial charge is 0.512 e. The molecule has 6 heteroatoms. The minimum Gasteiger partial charge on any atom is -0.512 e. The van der Waals surface area contributed by atoms with Crippen LogP contribution >= 0.6 is 11.6 Å². The second kappa shape index (κ2) is 7.06. The molecule has 0 aliphatic carbocycles. The second-order valence-corrected chi connectivity index (χ2v) is 6.42. The van der Waals surface area contributed by atoms with Crippen molar-refractivity contribution in [1.82, 2.24) is 4.57 Å². The number of aromatic nitrogens is 1. The van der Waals surface area contributed by atoms with Crippen LogP contribution in [0, 0.1) is 0 Å². The molecule has 0 aliphatic heterocycles. The monoisotopic (exact) mass is 369 g/mol. The van der Waals surface area contributed by atoms with E-state index in [2.05, 4.69) is 0 Å². The first-order valence-corrected chi connectivity index (χ1v) is 8.25. The first-order valence-electron chi connectivity index (χ1n) is 7.87. The molecule has 0 radical (unpaired) electrons. The highest BCUT2D eigenvalue weighted by atomic mass is 35.5. The number of fused-ring (bicyclic) bond motifs is 1. The Morgan fingerprint density at radius 2 is 1.81 bits per heavy atom. The van der Waals surface area contributed by atoms with Gasteiger partial charge >= 0.3 is 5.97 Å². The highest BCUT2D eigenvalue weighted by molar-refractivity contribution is 6.31. The molecule has 0 spiro atoms. The van der Waals surface area contributed by atoms with Crippen LogP contribution in [0.2, 0.25) is 5.02 Å². The zero-order chi connectivity index (χ0) is 18.8. The molecule has 0 bridgehead atoms. The summed E-state index contributed by atoms with van der Waals surface area (Å²) >= 11 is 6.08. The van der Waals surface area contributed by atoms with Crippen LogP contribution in [0.4, 0.5) is 0 Å². The van der Waals surface area contributed by atoms with Crippen molar-refractivity contribution in [3.05, 3.63) is 82.2 Å². The van der Waals surface area contributed by atoms with Crippen molar-refractivity contribution in [2.75, 3.05) is 0 Å². The Morgan fingerprint density at radius 1 is 1.12 bits per heavy atom. The van der Waals surface area contributed by atoms with E-state index in [0.717, 1.165) is 11.1 Å². The second-order valence-electron chi connectivity index (χ2n) is 5.98. The van der Waals surface area contributed by atoms with Crippen molar-refractivity contribution in [3.8, 4) is 0 Å². The van der Waals surface area contributed by atoms with E-state index in [4.69, 9.17) is 16.7 Å². The van der Waals surface area contributed by atoms with Crippen LogP contribution in [-0.2, 0) is 6.54 Å². The molecule has 0 atom stereocenters. The Hall–Kier alpha value is -3.05. The Labute approximate surface area is 154 Å². The van der Waals surface area contributed by atoms with Crippen molar-refractivity contribution in [3.63, 3.8) is 0 Å². The van der Waals surface area contributed by atoms with Crippen molar-refractivity contribution in [1.29, 1.82) is 0 Å². The lowest BCUT2D eigenvalue weighted by Crippen LogP contribution is -2.00. The highest BCUT2D eigenvalue weighted by Gasteiger charge is 2.15. The van der Waals surface area contributed by atoms with E-state index in [1.165, 1.54) is 13.0 Å². The van der Waals surface area contributed by atoms with Crippen LogP contribution in [0.5, 0.6) is 0 Å². The van der Waals surface area contributed by atoms with E-state index in [-0.39, 0.29) is 17.1 Å². The number of benzene rings is 2. The van der Waals surface area contributed by atoms with E-state index in [1.54, 1.807) is 42.6 Å². The van der Waals surface area contributed by atoms with Crippen molar-refractivity contribution in [2.24, 2.45) is 0 Å². The maximum Gasteiger partial charge on any atom is 0.335 e. The number of carboxylic acids is 1. The summed E-state index contributed by atoms with van der Waals surface area (Å²) in [7, 11) is 0. The van der Waals surface area contributed by atoms with Crippen LogP contribution < -0.4 is 0 Å². The molecule has 0 aliphatic rings. The molecule has 2 aromatic carbocycles. The Kier molecular flexibility index (Phi) is 4.82. The molecule has 2 N–H and O–H groups in total. The third-order valence-electron chi connectivity index (χ3n) is 4.00. The average Bonchev–Trinajstić information content (AvgIpc) is 2.92. The fourth-order valence-electron chi connectivity index (χ4n) is 2.81. The Balaban J connectivity index is 2.04. The number of carbonyl (C=O) groups excluding carboxylic acids is 1. The number of aliphatic hydroxyl groups excluding tert-OH is 1. The molecule has 1 aromatic heterocycles. The zero-order valence-corrected chi connectivity index (χ0v) is 14.7. The number of ketones is 1. The molecule has 3 rings (SSSR count). The van der Waals surface area contributed by atoms with E-state index < -0.39 is 5.97 Å². The fourth-order valence-corrected chi connectivity index (χ4v) is 2.99. The number of allylic oxidation sites excluding steroid dienone is 2. The number of carbonyl (C=O) groups is 2. The first-order chi connectivity index (χ1) is 12.3. The molecule has 0 fully saturated rings. The maximum absolute atomic E-state index is 12.4. The van der Waals surface area contributed by atoms with E-state index >= 15 is 0 Å². The number of hydrogen-bond donors (Lipinski definition) is 2. The van der Waals surface area contributed by atoms with Gasteiger partial charge in [-0.25, -0.2) is 4.79 Å². The molecule has 1 heterocycles. The van der Waals surface area contributed by atoms with Gasteiger partial charge in [0.2, 0.25) is 0 Å². The van der Waals surface area contributed by atoms with Gasteiger partial charge < -0.3 is 14.8 Å². The van der Waals surface area contributed by atoms with Crippen molar-refractivity contribution in [2.45, 2.75) is 13.5 Å². The molecule has 0 amide bonds. The Morgan fingerprint density at radius 3 is 2.42 bits per heavy atom.